The molecule has 1 aliphatic heterocycles. The maximum Gasteiger partial charge on any atom is 0.0906 e. The molecule has 1 saturated heterocycles. The summed E-state index contributed by atoms with van der Waals surface area (Å²) >= 11 is 3.45. The molecule has 1 fully saturated rings. The van der Waals surface area contributed by atoms with Gasteiger partial charge in [-0.15, -0.1) is 0 Å². The molecule has 1 rings (SSSR count). The van der Waals surface area contributed by atoms with Gasteiger partial charge in [0.05, 0.1) is 6.67 Å². The molecule has 0 bridgehead atoms. The second-order valence-corrected chi connectivity index (χ2v) is 4.50. The first-order chi connectivity index (χ1) is 6.38. The van der Waals surface area contributed by atoms with E-state index in [0.717, 1.165) is 17.9 Å². The highest BCUT2D eigenvalue weighted by atomic mass is 79.9. The average Bonchev–Trinajstić information content (AvgIpc) is 2.59. The molecule has 1 atom stereocenters. The minimum atomic E-state index is -0.165. The average molecular weight is 252 g/mol. The van der Waals surface area contributed by atoms with Crippen molar-refractivity contribution in [3.63, 3.8) is 0 Å². The van der Waals surface area contributed by atoms with Crippen molar-refractivity contribution < 1.29 is 4.39 Å². The van der Waals surface area contributed by atoms with Gasteiger partial charge in [0.1, 0.15) is 0 Å². The van der Waals surface area contributed by atoms with Crippen LogP contribution >= 0.6 is 15.9 Å². The van der Waals surface area contributed by atoms with Crippen molar-refractivity contribution in [2.45, 2.75) is 38.1 Å². The van der Waals surface area contributed by atoms with E-state index in [1.807, 2.05) is 0 Å². The molecule has 1 aliphatic rings. The van der Waals surface area contributed by atoms with E-state index in [0.29, 0.717) is 6.42 Å². The highest BCUT2D eigenvalue weighted by molar-refractivity contribution is 9.09. The van der Waals surface area contributed by atoms with E-state index in [1.54, 1.807) is 0 Å². The van der Waals surface area contributed by atoms with Crippen LogP contribution in [0.25, 0.3) is 0 Å². The number of halogens is 2. The van der Waals surface area contributed by atoms with E-state index in [1.165, 1.54) is 32.2 Å². The molecule has 1 heterocycles. The number of hydrogen-bond donors (Lipinski definition) is 0. The monoisotopic (exact) mass is 251 g/mol. The predicted octanol–water partition coefficient (Wildman–Crippen LogP) is 2.99. The van der Waals surface area contributed by atoms with Gasteiger partial charge < -0.3 is 4.90 Å². The first kappa shape index (κ1) is 11.4. The first-order valence-electron chi connectivity index (χ1n) is 5.24. The zero-order valence-corrected chi connectivity index (χ0v) is 9.73. The fraction of sp³-hybridized carbons (Fsp3) is 1.00. The molecule has 0 N–H and O–H groups in total. The molecule has 0 aromatic rings. The Morgan fingerprint density at radius 1 is 1.38 bits per heavy atom. The summed E-state index contributed by atoms with van der Waals surface area (Å²) in [4.78, 5) is 2.46. The number of likely N-dealkylation sites (tertiary alicyclic amines) is 1. The summed E-state index contributed by atoms with van der Waals surface area (Å²) in [6, 6.07) is 0.740. The summed E-state index contributed by atoms with van der Waals surface area (Å²) in [6.45, 7) is 1.98. The van der Waals surface area contributed by atoms with Crippen LogP contribution in [-0.2, 0) is 0 Å². The van der Waals surface area contributed by atoms with Crippen LogP contribution in [0.15, 0.2) is 0 Å². The molecule has 0 spiro atoms. The van der Waals surface area contributed by atoms with Crippen molar-refractivity contribution in [3.05, 3.63) is 0 Å². The van der Waals surface area contributed by atoms with Gasteiger partial charge in [0.15, 0.2) is 0 Å². The van der Waals surface area contributed by atoms with Crippen molar-refractivity contribution in [2.24, 2.45) is 0 Å². The van der Waals surface area contributed by atoms with E-state index in [-0.39, 0.29) is 6.67 Å². The molecule has 13 heavy (non-hydrogen) atoms. The van der Waals surface area contributed by atoms with Gasteiger partial charge in [0.25, 0.3) is 0 Å². The molecular weight excluding hydrogens is 233 g/mol. The van der Waals surface area contributed by atoms with E-state index < -0.39 is 0 Å². The summed E-state index contributed by atoms with van der Waals surface area (Å²) in [5.41, 5.74) is 0. The molecule has 0 aliphatic carbocycles. The fourth-order valence-corrected chi connectivity index (χ4v) is 2.42. The Hall–Kier alpha value is 0.370. The molecular formula is C10H19BrFN. The van der Waals surface area contributed by atoms with Gasteiger partial charge in [0.2, 0.25) is 0 Å². The summed E-state index contributed by atoms with van der Waals surface area (Å²) < 4.78 is 12.0. The van der Waals surface area contributed by atoms with Crippen molar-refractivity contribution in [2.75, 3.05) is 25.1 Å². The van der Waals surface area contributed by atoms with Gasteiger partial charge in [-0.05, 0) is 38.6 Å². The fourth-order valence-electron chi connectivity index (χ4n) is 2.09. The second kappa shape index (κ2) is 6.77. The quantitative estimate of drug-likeness (QED) is 0.657. The number of alkyl halides is 2. The van der Waals surface area contributed by atoms with Crippen LogP contribution in [0.4, 0.5) is 4.39 Å². The van der Waals surface area contributed by atoms with Gasteiger partial charge in [-0.3, -0.25) is 4.39 Å². The predicted molar refractivity (Wildman–Crippen MR) is 58.2 cm³/mol. The van der Waals surface area contributed by atoms with E-state index in [2.05, 4.69) is 20.8 Å². The van der Waals surface area contributed by atoms with Crippen molar-refractivity contribution in [3.8, 4) is 0 Å². The summed E-state index contributed by atoms with van der Waals surface area (Å²) in [6.07, 6.45) is 5.86. The number of rotatable bonds is 6. The zero-order valence-electron chi connectivity index (χ0n) is 8.14. The Kier molecular flexibility index (Phi) is 5.96. The largest absolute Gasteiger partial charge is 0.300 e. The van der Waals surface area contributed by atoms with Gasteiger partial charge >= 0.3 is 0 Å². The summed E-state index contributed by atoms with van der Waals surface area (Å²) in [7, 11) is 0. The van der Waals surface area contributed by atoms with Gasteiger partial charge in [-0.25, -0.2) is 0 Å². The molecule has 0 amide bonds. The van der Waals surface area contributed by atoms with E-state index in [9.17, 15) is 4.39 Å². The van der Waals surface area contributed by atoms with Crippen LogP contribution in [0.2, 0.25) is 0 Å². The summed E-state index contributed by atoms with van der Waals surface area (Å²) in [5.74, 6) is 0. The lowest BCUT2D eigenvalue weighted by Gasteiger charge is -2.23. The molecule has 0 aromatic carbocycles. The Labute approximate surface area is 88.8 Å². The Bertz CT molecular complexity index is 118. The Balaban J connectivity index is 2.18. The maximum atomic E-state index is 12.0. The van der Waals surface area contributed by atoms with Crippen LogP contribution in [0.3, 0.4) is 0 Å². The molecule has 0 radical (unpaired) electrons. The Morgan fingerprint density at radius 3 is 2.92 bits per heavy atom. The molecule has 1 unspecified atom stereocenters. The smallest absolute Gasteiger partial charge is 0.0906 e. The van der Waals surface area contributed by atoms with Crippen LogP contribution in [0, 0.1) is 0 Å². The minimum Gasteiger partial charge on any atom is -0.300 e. The molecule has 0 saturated carbocycles. The van der Waals surface area contributed by atoms with Crippen molar-refractivity contribution in [1.29, 1.82) is 0 Å². The van der Waals surface area contributed by atoms with Crippen LogP contribution in [-0.4, -0.2) is 36.0 Å². The maximum absolute atomic E-state index is 12.0. The number of hydrogen-bond acceptors (Lipinski definition) is 1. The van der Waals surface area contributed by atoms with Crippen molar-refractivity contribution >= 4 is 15.9 Å². The molecule has 1 nitrogen and oxygen atoms in total. The lowest BCUT2D eigenvalue weighted by Crippen LogP contribution is -2.30. The third-order valence-electron chi connectivity index (χ3n) is 2.75. The van der Waals surface area contributed by atoms with Crippen molar-refractivity contribution in [1.82, 2.24) is 4.90 Å². The highest BCUT2D eigenvalue weighted by Gasteiger charge is 2.22. The van der Waals surface area contributed by atoms with Gasteiger partial charge in [-0.1, -0.05) is 15.9 Å². The lowest BCUT2D eigenvalue weighted by atomic mass is 10.1. The second-order valence-electron chi connectivity index (χ2n) is 3.71. The van der Waals surface area contributed by atoms with Gasteiger partial charge in [0, 0.05) is 17.9 Å². The Morgan fingerprint density at radius 2 is 2.23 bits per heavy atom. The summed E-state index contributed by atoms with van der Waals surface area (Å²) in [5, 5.41) is 1.10. The third kappa shape index (κ3) is 3.94. The topological polar surface area (TPSA) is 3.24 Å². The zero-order chi connectivity index (χ0) is 9.52. The van der Waals surface area contributed by atoms with E-state index >= 15 is 0 Å². The highest BCUT2D eigenvalue weighted by Crippen LogP contribution is 2.21. The lowest BCUT2D eigenvalue weighted by molar-refractivity contribution is 0.231. The standard InChI is InChI=1S/C10H19BrFN/c11-6-1-4-10-5-2-8-13(10)9-3-7-12/h10H,1-9H2. The third-order valence-corrected chi connectivity index (χ3v) is 3.31. The van der Waals surface area contributed by atoms with Gasteiger partial charge in [-0.2, -0.15) is 0 Å². The molecule has 3 heteroatoms. The molecule has 78 valence electrons. The first-order valence-corrected chi connectivity index (χ1v) is 6.36. The van der Waals surface area contributed by atoms with E-state index in [4.69, 9.17) is 0 Å². The number of nitrogens with zero attached hydrogens (tertiary/aromatic N) is 1. The van der Waals surface area contributed by atoms with Crippen LogP contribution in [0.5, 0.6) is 0 Å². The normalized spacial score (nSPS) is 24.0. The van der Waals surface area contributed by atoms with Crippen LogP contribution < -0.4 is 0 Å². The SMILES string of the molecule is FCCCN1CCCC1CCCBr. The minimum absolute atomic E-state index is 0.165. The van der Waals surface area contributed by atoms with Crippen LogP contribution in [0.1, 0.15) is 32.1 Å². The molecule has 0 aromatic heterocycles.